The number of nitriles is 1. The van der Waals surface area contributed by atoms with Crippen LogP contribution in [0.15, 0.2) is 17.8 Å². The number of aromatic nitrogens is 1. The van der Waals surface area contributed by atoms with E-state index in [-0.39, 0.29) is 11.5 Å². The molecule has 0 atom stereocenters. The summed E-state index contributed by atoms with van der Waals surface area (Å²) in [7, 11) is 1.51. The van der Waals surface area contributed by atoms with Crippen molar-refractivity contribution in [3.63, 3.8) is 0 Å². The van der Waals surface area contributed by atoms with E-state index in [9.17, 15) is 4.79 Å². The number of hydrogen-bond acceptors (Lipinski definition) is 2. The lowest BCUT2D eigenvalue weighted by Crippen LogP contribution is -2.19. The van der Waals surface area contributed by atoms with Gasteiger partial charge in [-0.3, -0.25) is 4.79 Å². The third kappa shape index (κ3) is 2.97. The average Bonchev–Trinajstić information content (AvgIpc) is 2.66. The van der Waals surface area contributed by atoms with Crippen LogP contribution in [0.3, 0.4) is 0 Å². The fraction of sp³-hybridized carbons (Fsp3) is 0.385. The van der Waals surface area contributed by atoms with E-state index in [1.807, 2.05) is 25.3 Å². The highest BCUT2D eigenvalue weighted by Gasteiger charge is 2.08. The summed E-state index contributed by atoms with van der Waals surface area (Å²) < 4.78 is 2.10. The quantitative estimate of drug-likeness (QED) is 0.639. The Morgan fingerprint density at radius 1 is 1.59 bits per heavy atom. The van der Waals surface area contributed by atoms with E-state index >= 15 is 0 Å². The van der Waals surface area contributed by atoms with Crippen LogP contribution in [0, 0.1) is 18.3 Å². The molecule has 1 rings (SSSR count). The van der Waals surface area contributed by atoms with Gasteiger partial charge in [0.25, 0.3) is 5.91 Å². The first-order chi connectivity index (χ1) is 7.99. The van der Waals surface area contributed by atoms with Crippen molar-refractivity contribution < 1.29 is 4.79 Å². The van der Waals surface area contributed by atoms with E-state index < -0.39 is 0 Å². The molecule has 4 heteroatoms. The van der Waals surface area contributed by atoms with Gasteiger partial charge in [0, 0.05) is 25.0 Å². The molecule has 1 aromatic heterocycles. The number of nitrogens with zero attached hydrogens (tertiary/aromatic N) is 2. The van der Waals surface area contributed by atoms with Crippen molar-refractivity contribution in [2.24, 2.45) is 0 Å². The van der Waals surface area contributed by atoms with E-state index in [0.29, 0.717) is 6.04 Å². The molecule has 90 valence electrons. The Morgan fingerprint density at radius 3 is 2.65 bits per heavy atom. The molecule has 0 bridgehead atoms. The summed E-state index contributed by atoms with van der Waals surface area (Å²) in [5.74, 6) is -0.359. The zero-order valence-electron chi connectivity index (χ0n) is 10.6. The molecule has 1 amide bonds. The van der Waals surface area contributed by atoms with E-state index in [4.69, 9.17) is 5.26 Å². The molecule has 0 unspecified atom stereocenters. The molecule has 0 saturated carbocycles. The standard InChI is InChI=1S/C13H17N3O/c1-9(2)16-8-11(5-10(16)3)6-12(7-14)13(17)15-4/h5-6,8-9H,1-4H3,(H,15,17)/b12-6+. The highest BCUT2D eigenvalue weighted by molar-refractivity contribution is 6.01. The maximum absolute atomic E-state index is 11.4. The van der Waals surface area contributed by atoms with Crippen LogP contribution >= 0.6 is 0 Å². The summed E-state index contributed by atoms with van der Waals surface area (Å²) in [5.41, 5.74) is 2.10. The molecule has 0 spiro atoms. The Kier molecular flexibility index (Phi) is 4.11. The largest absolute Gasteiger partial charge is 0.354 e. The van der Waals surface area contributed by atoms with Gasteiger partial charge >= 0.3 is 0 Å². The van der Waals surface area contributed by atoms with E-state index in [0.717, 1.165) is 11.3 Å². The van der Waals surface area contributed by atoms with Crippen molar-refractivity contribution >= 4 is 12.0 Å². The fourth-order valence-electron chi connectivity index (χ4n) is 1.70. The summed E-state index contributed by atoms with van der Waals surface area (Å²) >= 11 is 0. The average molecular weight is 231 g/mol. The van der Waals surface area contributed by atoms with Gasteiger partial charge in [0.2, 0.25) is 0 Å². The third-order valence-electron chi connectivity index (χ3n) is 2.53. The van der Waals surface area contributed by atoms with E-state index in [2.05, 4.69) is 23.7 Å². The fourth-order valence-corrected chi connectivity index (χ4v) is 1.70. The first kappa shape index (κ1) is 13.0. The van der Waals surface area contributed by atoms with Gasteiger partial charge in [-0.15, -0.1) is 0 Å². The number of rotatable bonds is 3. The Balaban J connectivity index is 3.10. The van der Waals surface area contributed by atoms with Gasteiger partial charge in [-0.2, -0.15) is 5.26 Å². The van der Waals surface area contributed by atoms with Crippen molar-refractivity contribution in [3.05, 3.63) is 29.1 Å². The summed E-state index contributed by atoms with van der Waals surface area (Å²) in [6.07, 6.45) is 3.55. The van der Waals surface area contributed by atoms with E-state index in [1.165, 1.54) is 7.05 Å². The van der Waals surface area contributed by atoms with Crippen molar-refractivity contribution in [1.82, 2.24) is 9.88 Å². The smallest absolute Gasteiger partial charge is 0.261 e. The zero-order valence-corrected chi connectivity index (χ0v) is 10.6. The number of carbonyl (C=O) groups is 1. The van der Waals surface area contributed by atoms with Gasteiger partial charge in [-0.25, -0.2) is 0 Å². The molecule has 0 radical (unpaired) electrons. The van der Waals surface area contributed by atoms with E-state index in [1.54, 1.807) is 6.08 Å². The second kappa shape index (κ2) is 5.35. The summed E-state index contributed by atoms with van der Waals surface area (Å²) in [5, 5.41) is 11.3. The number of hydrogen-bond donors (Lipinski definition) is 1. The van der Waals surface area contributed by atoms with Crippen molar-refractivity contribution in [2.45, 2.75) is 26.8 Å². The molecule has 1 N–H and O–H groups in total. The summed E-state index contributed by atoms with van der Waals surface area (Å²) in [6, 6.07) is 4.22. The SMILES string of the molecule is CNC(=O)/C(C#N)=C/c1cc(C)n(C(C)C)c1. The van der Waals surface area contributed by atoms with Crippen molar-refractivity contribution in [2.75, 3.05) is 7.05 Å². The first-order valence-corrected chi connectivity index (χ1v) is 5.52. The second-order valence-corrected chi connectivity index (χ2v) is 4.16. The molecule has 0 aromatic carbocycles. The van der Waals surface area contributed by atoms with Crippen LogP contribution in [0.25, 0.3) is 6.08 Å². The van der Waals surface area contributed by atoms with Gasteiger partial charge in [0.05, 0.1) is 0 Å². The minimum absolute atomic E-state index is 0.119. The predicted molar refractivity (Wildman–Crippen MR) is 67.2 cm³/mol. The van der Waals surface area contributed by atoms with Crippen LogP contribution < -0.4 is 5.32 Å². The van der Waals surface area contributed by atoms with Crippen molar-refractivity contribution in [1.29, 1.82) is 5.26 Å². The van der Waals surface area contributed by atoms with Crippen LogP contribution in [0.1, 0.15) is 31.1 Å². The molecule has 0 aliphatic rings. The van der Waals surface area contributed by atoms with Gasteiger partial charge in [-0.1, -0.05) is 0 Å². The lowest BCUT2D eigenvalue weighted by atomic mass is 10.2. The lowest BCUT2D eigenvalue weighted by molar-refractivity contribution is -0.116. The number of likely N-dealkylation sites (N-methyl/N-ethyl adjacent to an activating group) is 1. The monoisotopic (exact) mass is 231 g/mol. The Bertz CT molecular complexity index is 489. The minimum Gasteiger partial charge on any atom is -0.354 e. The Morgan fingerprint density at radius 2 is 2.24 bits per heavy atom. The maximum atomic E-state index is 11.4. The van der Waals surface area contributed by atoms with Gasteiger partial charge < -0.3 is 9.88 Å². The van der Waals surface area contributed by atoms with Gasteiger partial charge in [0.1, 0.15) is 11.6 Å². The molecule has 0 fully saturated rings. The first-order valence-electron chi connectivity index (χ1n) is 5.52. The third-order valence-corrected chi connectivity index (χ3v) is 2.53. The summed E-state index contributed by atoms with van der Waals surface area (Å²) in [4.78, 5) is 11.4. The van der Waals surface area contributed by atoms with Gasteiger partial charge in [-0.05, 0) is 38.5 Å². The van der Waals surface area contributed by atoms with Crippen LogP contribution in [0.5, 0.6) is 0 Å². The molecule has 0 saturated heterocycles. The molecule has 0 aliphatic carbocycles. The lowest BCUT2D eigenvalue weighted by Gasteiger charge is -2.08. The van der Waals surface area contributed by atoms with Crippen LogP contribution in [-0.4, -0.2) is 17.5 Å². The number of nitrogens with one attached hydrogen (secondary N) is 1. The number of carbonyl (C=O) groups excluding carboxylic acids is 1. The van der Waals surface area contributed by atoms with Crippen molar-refractivity contribution in [3.8, 4) is 6.07 Å². The molecular formula is C13H17N3O. The highest BCUT2D eigenvalue weighted by atomic mass is 16.1. The normalized spacial score (nSPS) is 11.4. The van der Waals surface area contributed by atoms with Crippen LogP contribution in [0.4, 0.5) is 0 Å². The second-order valence-electron chi connectivity index (χ2n) is 4.16. The minimum atomic E-state index is -0.359. The predicted octanol–water partition coefficient (Wildman–Crippen LogP) is 2.03. The Hall–Kier alpha value is -2.02. The number of amides is 1. The topological polar surface area (TPSA) is 57.8 Å². The molecule has 1 heterocycles. The summed E-state index contributed by atoms with van der Waals surface area (Å²) in [6.45, 7) is 6.18. The van der Waals surface area contributed by atoms with Crippen LogP contribution in [-0.2, 0) is 4.79 Å². The zero-order chi connectivity index (χ0) is 13.0. The van der Waals surface area contributed by atoms with Gasteiger partial charge in [0.15, 0.2) is 0 Å². The van der Waals surface area contributed by atoms with Crippen LogP contribution in [0.2, 0.25) is 0 Å². The molecule has 17 heavy (non-hydrogen) atoms. The highest BCUT2D eigenvalue weighted by Crippen LogP contribution is 2.16. The molecule has 4 nitrogen and oxygen atoms in total. The number of aryl methyl sites for hydroxylation is 1. The maximum Gasteiger partial charge on any atom is 0.261 e. The molecule has 1 aromatic rings. The Labute approximate surface area is 102 Å². The molecule has 0 aliphatic heterocycles. The molecular weight excluding hydrogens is 214 g/mol.